The number of pyridine rings is 1. The van der Waals surface area contributed by atoms with Crippen LogP contribution in [0.25, 0.3) is 0 Å². The minimum absolute atomic E-state index is 0.0697. The minimum Gasteiger partial charge on any atom is -0.472 e. The van der Waals surface area contributed by atoms with Crippen molar-refractivity contribution in [2.75, 3.05) is 11.6 Å². The molecule has 0 aromatic carbocycles. The average molecular weight is 327 g/mol. The molecular formula is C16H13N3O5. The van der Waals surface area contributed by atoms with Gasteiger partial charge in [0.2, 0.25) is 11.7 Å². The molecule has 8 heteroatoms. The molecule has 0 unspecified atom stereocenters. The van der Waals surface area contributed by atoms with Gasteiger partial charge in [0.15, 0.2) is 12.4 Å². The number of anilines is 1. The molecule has 3 rings (SSSR count). The molecule has 0 bridgehead atoms. The Morgan fingerprint density at radius 3 is 2.83 bits per heavy atom. The van der Waals surface area contributed by atoms with Crippen molar-refractivity contribution in [3.05, 3.63) is 48.6 Å². The lowest BCUT2D eigenvalue weighted by Gasteiger charge is -2.21. The summed E-state index contributed by atoms with van der Waals surface area (Å²) in [6.07, 6.45) is 4.42. The van der Waals surface area contributed by atoms with Gasteiger partial charge in [-0.1, -0.05) is 6.07 Å². The number of amides is 1. The number of carbonyl (C=O) groups excluding carboxylic acids is 3. The van der Waals surface area contributed by atoms with E-state index in [1.165, 1.54) is 24.8 Å². The summed E-state index contributed by atoms with van der Waals surface area (Å²) < 4.78 is 9.76. The Morgan fingerprint density at radius 2 is 2.12 bits per heavy atom. The maximum atomic E-state index is 12.1. The summed E-state index contributed by atoms with van der Waals surface area (Å²) in [5, 5.41) is 5.07. The Kier molecular flexibility index (Phi) is 4.46. The third-order valence-corrected chi connectivity index (χ3v) is 3.31. The zero-order chi connectivity index (χ0) is 16.9. The number of furan rings is 1. The van der Waals surface area contributed by atoms with E-state index in [0.717, 1.165) is 5.01 Å². The summed E-state index contributed by atoms with van der Waals surface area (Å²) >= 11 is 0. The first-order chi connectivity index (χ1) is 11.6. The highest BCUT2D eigenvalue weighted by molar-refractivity contribution is 6.38. The van der Waals surface area contributed by atoms with Gasteiger partial charge in [-0.15, -0.1) is 0 Å². The Bertz CT molecular complexity index is 783. The lowest BCUT2D eigenvalue weighted by atomic mass is 10.1. The van der Waals surface area contributed by atoms with Crippen LogP contribution in [0, 0.1) is 0 Å². The fourth-order valence-corrected chi connectivity index (χ4v) is 2.08. The molecule has 0 fully saturated rings. The normalized spacial score (nSPS) is 14.2. The second kappa shape index (κ2) is 6.86. The summed E-state index contributed by atoms with van der Waals surface area (Å²) in [4.78, 5) is 39.8. The molecule has 2 aromatic heterocycles. The van der Waals surface area contributed by atoms with Crippen molar-refractivity contribution in [3.63, 3.8) is 0 Å². The van der Waals surface area contributed by atoms with E-state index in [-0.39, 0.29) is 30.2 Å². The minimum atomic E-state index is -0.736. The lowest BCUT2D eigenvalue weighted by molar-refractivity contribution is -0.134. The molecule has 24 heavy (non-hydrogen) atoms. The summed E-state index contributed by atoms with van der Waals surface area (Å²) in [7, 11) is 0. The molecule has 0 saturated heterocycles. The maximum Gasteiger partial charge on any atom is 0.354 e. The van der Waals surface area contributed by atoms with Gasteiger partial charge in [0.1, 0.15) is 12.0 Å². The number of carbonyl (C=O) groups is 3. The van der Waals surface area contributed by atoms with Crippen molar-refractivity contribution in [1.82, 2.24) is 4.98 Å². The van der Waals surface area contributed by atoms with E-state index >= 15 is 0 Å². The third kappa shape index (κ3) is 3.37. The van der Waals surface area contributed by atoms with Gasteiger partial charge in [-0.25, -0.2) is 9.78 Å². The van der Waals surface area contributed by atoms with Crippen LogP contribution in [0.15, 0.2) is 52.5 Å². The number of hydrogen-bond donors (Lipinski definition) is 0. The van der Waals surface area contributed by atoms with E-state index in [9.17, 15) is 14.4 Å². The van der Waals surface area contributed by atoms with Crippen LogP contribution < -0.4 is 5.01 Å². The van der Waals surface area contributed by atoms with Crippen LogP contribution in [0.4, 0.5) is 5.82 Å². The van der Waals surface area contributed by atoms with Gasteiger partial charge >= 0.3 is 5.97 Å². The van der Waals surface area contributed by atoms with Crippen molar-refractivity contribution in [1.29, 1.82) is 0 Å². The molecule has 3 heterocycles. The second-order valence-electron chi connectivity index (χ2n) is 4.95. The highest BCUT2D eigenvalue weighted by Crippen LogP contribution is 2.17. The number of ether oxygens (including phenoxy) is 1. The molecule has 0 radical (unpaired) electrons. The molecule has 0 saturated carbocycles. The maximum absolute atomic E-state index is 12.1. The van der Waals surface area contributed by atoms with E-state index in [1.54, 1.807) is 18.2 Å². The number of esters is 1. The molecule has 1 aliphatic heterocycles. The molecule has 0 spiro atoms. The Balaban J connectivity index is 1.68. The van der Waals surface area contributed by atoms with Gasteiger partial charge in [-0.05, 0) is 18.2 Å². The molecule has 1 aliphatic rings. The topological polar surface area (TPSA) is 102 Å². The second-order valence-corrected chi connectivity index (χ2v) is 4.95. The van der Waals surface area contributed by atoms with Gasteiger partial charge in [-0.3, -0.25) is 9.59 Å². The van der Waals surface area contributed by atoms with Crippen LogP contribution in [-0.2, 0) is 14.3 Å². The summed E-state index contributed by atoms with van der Waals surface area (Å²) in [6.45, 7) is -0.422. The molecule has 122 valence electrons. The van der Waals surface area contributed by atoms with Crippen molar-refractivity contribution in [3.8, 4) is 0 Å². The van der Waals surface area contributed by atoms with E-state index in [0.29, 0.717) is 11.4 Å². The zero-order valence-electron chi connectivity index (χ0n) is 12.5. The molecule has 0 aliphatic carbocycles. The first-order valence-corrected chi connectivity index (χ1v) is 7.19. The largest absolute Gasteiger partial charge is 0.472 e. The van der Waals surface area contributed by atoms with Gasteiger partial charge < -0.3 is 9.15 Å². The van der Waals surface area contributed by atoms with Crippen LogP contribution >= 0.6 is 0 Å². The molecule has 8 nitrogen and oxygen atoms in total. The fourth-order valence-electron chi connectivity index (χ4n) is 2.08. The SMILES string of the molecule is O=C(OCC(=O)c1ccoc1)C1=NN(c2ccccn2)C(=O)CC1. The number of aromatic nitrogens is 1. The smallest absolute Gasteiger partial charge is 0.354 e. The summed E-state index contributed by atoms with van der Waals surface area (Å²) in [5.41, 5.74) is 0.388. The fraction of sp³-hybridized carbons (Fsp3) is 0.188. The standard InChI is InChI=1S/C16H13N3O5/c20-13(11-6-8-23-9-11)10-24-16(22)12-4-5-15(21)19(18-12)14-3-1-2-7-17-14/h1-3,6-9H,4-5,10H2. The first kappa shape index (κ1) is 15.6. The van der Waals surface area contributed by atoms with Gasteiger partial charge in [0, 0.05) is 19.0 Å². The molecule has 2 aromatic rings. The van der Waals surface area contributed by atoms with Crippen molar-refractivity contribution in [2.45, 2.75) is 12.8 Å². The molecule has 0 atom stereocenters. The van der Waals surface area contributed by atoms with Crippen LogP contribution in [0.1, 0.15) is 23.2 Å². The van der Waals surface area contributed by atoms with Crippen LogP contribution in [0.3, 0.4) is 0 Å². The Labute approximate surface area is 136 Å². The van der Waals surface area contributed by atoms with Crippen molar-refractivity contribution in [2.24, 2.45) is 5.10 Å². The Hall–Kier alpha value is -3.29. The molecule has 1 amide bonds. The highest BCUT2D eigenvalue weighted by atomic mass is 16.5. The molecular weight excluding hydrogens is 314 g/mol. The van der Waals surface area contributed by atoms with Crippen LogP contribution in [-0.4, -0.2) is 35.0 Å². The van der Waals surface area contributed by atoms with E-state index in [2.05, 4.69) is 10.1 Å². The lowest BCUT2D eigenvalue weighted by Crippen LogP contribution is -2.35. The van der Waals surface area contributed by atoms with Crippen LogP contribution in [0.5, 0.6) is 0 Å². The van der Waals surface area contributed by atoms with E-state index < -0.39 is 12.6 Å². The zero-order valence-corrected chi connectivity index (χ0v) is 12.5. The predicted octanol–water partition coefficient (Wildman–Crippen LogP) is 1.58. The monoisotopic (exact) mass is 327 g/mol. The molecule has 0 N–H and O–H groups in total. The van der Waals surface area contributed by atoms with Crippen molar-refractivity contribution >= 4 is 29.2 Å². The quantitative estimate of drug-likeness (QED) is 0.610. The third-order valence-electron chi connectivity index (χ3n) is 3.31. The van der Waals surface area contributed by atoms with E-state index in [4.69, 9.17) is 9.15 Å². The number of hydrazone groups is 1. The summed E-state index contributed by atoms with van der Waals surface area (Å²) in [6, 6.07) is 6.51. The van der Waals surface area contributed by atoms with Crippen LogP contribution in [0.2, 0.25) is 0 Å². The summed E-state index contributed by atoms with van der Waals surface area (Å²) in [5.74, 6) is -1.06. The Morgan fingerprint density at radius 1 is 1.25 bits per heavy atom. The van der Waals surface area contributed by atoms with Crippen molar-refractivity contribution < 1.29 is 23.5 Å². The highest BCUT2D eigenvalue weighted by Gasteiger charge is 2.27. The van der Waals surface area contributed by atoms with Gasteiger partial charge in [-0.2, -0.15) is 10.1 Å². The number of rotatable bonds is 5. The average Bonchev–Trinajstić information content (AvgIpc) is 3.15. The van der Waals surface area contributed by atoms with E-state index in [1.807, 2.05) is 0 Å². The van der Waals surface area contributed by atoms with Gasteiger partial charge in [0.05, 0.1) is 11.8 Å². The predicted molar refractivity (Wildman–Crippen MR) is 82.4 cm³/mol. The first-order valence-electron chi connectivity index (χ1n) is 7.19. The number of ketones is 1. The number of hydrogen-bond acceptors (Lipinski definition) is 7. The van der Waals surface area contributed by atoms with Gasteiger partial charge in [0.25, 0.3) is 0 Å². The number of Topliss-reactive ketones (excluding diaryl/α,β-unsaturated/α-hetero) is 1. The number of nitrogens with zero attached hydrogens (tertiary/aromatic N) is 3.